The molecule has 0 spiro atoms. The number of hydrogen-bond donors (Lipinski definition) is 4. The van der Waals surface area contributed by atoms with Crippen LogP contribution >= 0.6 is 0 Å². The molecule has 0 aromatic heterocycles. The number of anilines is 2. The minimum absolute atomic E-state index is 0.281. The van der Waals surface area contributed by atoms with Gasteiger partial charge in [0.15, 0.2) is 0 Å². The normalized spacial score (nSPS) is 11.6. The second-order valence-corrected chi connectivity index (χ2v) is 5.15. The third-order valence-electron chi connectivity index (χ3n) is 3.25. The van der Waals surface area contributed by atoms with E-state index in [4.69, 9.17) is 10.8 Å². The predicted molar refractivity (Wildman–Crippen MR) is 89.3 cm³/mol. The maximum Gasteiger partial charge on any atom is 0.255 e. The van der Waals surface area contributed by atoms with Gasteiger partial charge in [-0.1, -0.05) is 24.3 Å². The number of hydrogen-bond acceptors (Lipinski definition) is 4. The highest BCUT2D eigenvalue weighted by Crippen LogP contribution is 2.24. The van der Waals surface area contributed by atoms with Crippen LogP contribution in [0.2, 0.25) is 0 Å². The van der Waals surface area contributed by atoms with Crippen LogP contribution in [0.5, 0.6) is 0 Å². The summed E-state index contributed by atoms with van der Waals surface area (Å²) < 4.78 is 0. The molecule has 0 bridgehead atoms. The topological polar surface area (TPSA) is 104 Å². The summed E-state index contributed by atoms with van der Waals surface area (Å²) in [7, 11) is 0. The molecule has 6 nitrogen and oxygen atoms in total. The molecule has 120 valence electrons. The van der Waals surface area contributed by atoms with Gasteiger partial charge in [0.1, 0.15) is 6.04 Å². The summed E-state index contributed by atoms with van der Waals surface area (Å²) in [5.74, 6) is -0.801. The molecule has 0 fully saturated rings. The van der Waals surface area contributed by atoms with Gasteiger partial charge in [-0.15, -0.1) is 0 Å². The molecule has 1 atom stereocenters. The van der Waals surface area contributed by atoms with Crippen LogP contribution in [-0.2, 0) is 4.79 Å². The molecule has 0 aliphatic heterocycles. The number of carbonyl (C=O) groups is 2. The molecule has 0 aliphatic carbocycles. The summed E-state index contributed by atoms with van der Waals surface area (Å²) in [4.78, 5) is 24.1. The van der Waals surface area contributed by atoms with Gasteiger partial charge in [-0.2, -0.15) is 0 Å². The van der Waals surface area contributed by atoms with E-state index in [1.807, 2.05) is 19.1 Å². The van der Waals surface area contributed by atoms with Crippen molar-refractivity contribution in [3.63, 3.8) is 0 Å². The summed E-state index contributed by atoms with van der Waals surface area (Å²) in [5, 5.41) is 14.3. The summed E-state index contributed by atoms with van der Waals surface area (Å²) in [6.45, 7) is 1.41. The summed E-state index contributed by atoms with van der Waals surface area (Å²) >= 11 is 0. The van der Waals surface area contributed by atoms with Gasteiger partial charge in [0.2, 0.25) is 5.91 Å². The van der Waals surface area contributed by atoms with Crippen LogP contribution in [-0.4, -0.2) is 29.6 Å². The van der Waals surface area contributed by atoms with Gasteiger partial charge < -0.3 is 21.5 Å². The Bertz CT molecular complexity index is 701. The van der Waals surface area contributed by atoms with Crippen LogP contribution in [0.15, 0.2) is 48.5 Å². The van der Waals surface area contributed by atoms with E-state index in [1.165, 1.54) is 0 Å². The number of benzene rings is 2. The zero-order valence-electron chi connectivity index (χ0n) is 12.7. The number of carbonyl (C=O) groups excluding carboxylic acids is 2. The SMILES string of the molecule is Cc1ccc(NC(=O)c2ccccc2)c(NC(=O)[C@H](N)CO)c1. The van der Waals surface area contributed by atoms with Crippen molar-refractivity contribution in [3.8, 4) is 0 Å². The predicted octanol–water partition coefficient (Wildman–Crippen LogP) is 1.51. The largest absolute Gasteiger partial charge is 0.394 e. The molecule has 6 heteroatoms. The van der Waals surface area contributed by atoms with E-state index in [9.17, 15) is 9.59 Å². The van der Waals surface area contributed by atoms with Crippen LogP contribution in [0.4, 0.5) is 11.4 Å². The fraction of sp³-hybridized carbons (Fsp3) is 0.176. The zero-order chi connectivity index (χ0) is 16.8. The number of aryl methyl sites for hydroxylation is 1. The standard InChI is InChI=1S/C17H19N3O3/c1-11-7-8-14(15(9-11)20-17(23)13(18)10-21)19-16(22)12-5-3-2-4-6-12/h2-9,13,21H,10,18H2,1H3,(H,19,22)(H,20,23)/t13-/m1/s1. The van der Waals surface area contributed by atoms with Gasteiger partial charge >= 0.3 is 0 Å². The molecular weight excluding hydrogens is 294 g/mol. The second-order valence-electron chi connectivity index (χ2n) is 5.15. The number of amides is 2. The van der Waals surface area contributed by atoms with Crippen molar-refractivity contribution >= 4 is 23.2 Å². The zero-order valence-corrected chi connectivity index (χ0v) is 12.7. The van der Waals surface area contributed by atoms with Crippen LogP contribution in [0.25, 0.3) is 0 Å². The highest BCUT2D eigenvalue weighted by Gasteiger charge is 2.15. The molecule has 23 heavy (non-hydrogen) atoms. The lowest BCUT2D eigenvalue weighted by Crippen LogP contribution is -2.38. The van der Waals surface area contributed by atoms with Crippen molar-refractivity contribution in [1.29, 1.82) is 0 Å². The fourth-order valence-electron chi connectivity index (χ4n) is 1.96. The van der Waals surface area contributed by atoms with Gasteiger partial charge in [-0.25, -0.2) is 0 Å². The number of rotatable bonds is 5. The van der Waals surface area contributed by atoms with Crippen molar-refractivity contribution in [2.45, 2.75) is 13.0 Å². The number of aliphatic hydroxyl groups excluding tert-OH is 1. The van der Waals surface area contributed by atoms with E-state index in [2.05, 4.69) is 10.6 Å². The summed E-state index contributed by atoms with van der Waals surface area (Å²) in [5.41, 5.74) is 7.81. The Morgan fingerprint density at radius 2 is 1.78 bits per heavy atom. The van der Waals surface area contributed by atoms with Crippen LogP contribution in [0.1, 0.15) is 15.9 Å². The molecule has 2 aromatic rings. The van der Waals surface area contributed by atoms with Crippen LogP contribution < -0.4 is 16.4 Å². The molecule has 5 N–H and O–H groups in total. The van der Waals surface area contributed by atoms with Gasteiger partial charge in [0, 0.05) is 5.56 Å². The lowest BCUT2D eigenvalue weighted by molar-refractivity contribution is -0.118. The minimum Gasteiger partial charge on any atom is -0.394 e. The quantitative estimate of drug-likeness (QED) is 0.671. The Morgan fingerprint density at radius 3 is 2.43 bits per heavy atom. The maximum atomic E-state index is 12.2. The Balaban J connectivity index is 2.22. The average Bonchev–Trinajstić information content (AvgIpc) is 2.57. The summed E-state index contributed by atoms with van der Waals surface area (Å²) in [6, 6.07) is 13.0. The van der Waals surface area contributed by atoms with Gasteiger partial charge in [0.05, 0.1) is 18.0 Å². The number of nitrogens with one attached hydrogen (secondary N) is 2. The first kappa shape index (κ1) is 16.7. The van der Waals surface area contributed by atoms with Crippen LogP contribution in [0.3, 0.4) is 0 Å². The smallest absolute Gasteiger partial charge is 0.255 e. The van der Waals surface area contributed by atoms with Gasteiger partial charge in [-0.3, -0.25) is 9.59 Å². The monoisotopic (exact) mass is 313 g/mol. The first-order chi connectivity index (χ1) is 11.0. The molecule has 2 amide bonds. The fourth-order valence-corrected chi connectivity index (χ4v) is 1.96. The molecule has 0 unspecified atom stereocenters. The minimum atomic E-state index is -1.02. The van der Waals surface area contributed by atoms with Crippen LogP contribution in [0, 0.1) is 6.92 Å². The van der Waals surface area contributed by atoms with E-state index in [-0.39, 0.29) is 5.91 Å². The van der Waals surface area contributed by atoms with Crippen molar-refractivity contribution in [3.05, 3.63) is 59.7 Å². The Kier molecular flexibility index (Phi) is 5.46. The third kappa shape index (κ3) is 4.38. The molecule has 2 aromatic carbocycles. The molecule has 0 saturated heterocycles. The third-order valence-corrected chi connectivity index (χ3v) is 3.25. The molecule has 2 rings (SSSR count). The van der Waals surface area contributed by atoms with Crippen molar-refractivity contribution in [2.75, 3.05) is 17.2 Å². The lowest BCUT2D eigenvalue weighted by Gasteiger charge is -2.15. The molecule has 0 aliphatic rings. The first-order valence-corrected chi connectivity index (χ1v) is 7.15. The van der Waals surface area contributed by atoms with Crippen molar-refractivity contribution in [2.24, 2.45) is 5.73 Å². The molecular formula is C17H19N3O3. The van der Waals surface area contributed by atoms with Gasteiger partial charge in [-0.05, 0) is 36.8 Å². The van der Waals surface area contributed by atoms with E-state index in [0.29, 0.717) is 16.9 Å². The Morgan fingerprint density at radius 1 is 1.09 bits per heavy atom. The van der Waals surface area contributed by atoms with Crippen molar-refractivity contribution in [1.82, 2.24) is 0 Å². The van der Waals surface area contributed by atoms with Crippen molar-refractivity contribution < 1.29 is 14.7 Å². The summed E-state index contributed by atoms with van der Waals surface area (Å²) in [6.07, 6.45) is 0. The van der Waals surface area contributed by atoms with E-state index < -0.39 is 18.6 Å². The molecule has 0 radical (unpaired) electrons. The number of nitrogens with two attached hydrogens (primary N) is 1. The average molecular weight is 313 g/mol. The van der Waals surface area contributed by atoms with Gasteiger partial charge in [0.25, 0.3) is 5.91 Å². The molecule has 0 saturated carbocycles. The maximum absolute atomic E-state index is 12.2. The Labute approximate surface area is 134 Å². The van der Waals surface area contributed by atoms with E-state index in [1.54, 1.807) is 36.4 Å². The number of aliphatic hydroxyl groups is 1. The lowest BCUT2D eigenvalue weighted by atomic mass is 10.1. The Hall–Kier alpha value is -2.70. The van der Waals surface area contributed by atoms with E-state index >= 15 is 0 Å². The first-order valence-electron chi connectivity index (χ1n) is 7.15. The van der Waals surface area contributed by atoms with E-state index in [0.717, 1.165) is 5.56 Å². The highest BCUT2D eigenvalue weighted by molar-refractivity contribution is 6.07. The highest BCUT2D eigenvalue weighted by atomic mass is 16.3. The second kappa shape index (κ2) is 7.53. The molecule has 0 heterocycles.